The maximum atomic E-state index is 12.0. The Morgan fingerprint density at radius 2 is 2.05 bits per heavy atom. The Morgan fingerprint density at radius 1 is 1.37 bits per heavy atom. The van der Waals surface area contributed by atoms with Crippen LogP contribution in [0, 0.1) is 0 Å². The summed E-state index contributed by atoms with van der Waals surface area (Å²) in [6, 6.07) is 7.56. The van der Waals surface area contributed by atoms with Gasteiger partial charge in [-0.1, -0.05) is 30.2 Å². The summed E-state index contributed by atoms with van der Waals surface area (Å²) < 4.78 is 0. The third kappa shape index (κ3) is 4.68. The van der Waals surface area contributed by atoms with Crippen LogP contribution in [0.2, 0.25) is 5.02 Å². The first-order valence-corrected chi connectivity index (χ1v) is 6.84. The highest BCUT2D eigenvalue weighted by molar-refractivity contribution is 6.30. The third-order valence-corrected chi connectivity index (χ3v) is 3.61. The normalized spacial score (nSPS) is 20.2. The number of amides is 1. The summed E-state index contributed by atoms with van der Waals surface area (Å²) in [5.74, 6) is 0.0946. The molecule has 19 heavy (non-hydrogen) atoms. The average Bonchev–Trinajstić information content (AvgIpc) is 2.40. The zero-order valence-corrected chi connectivity index (χ0v) is 12.6. The van der Waals surface area contributed by atoms with Crippen LogP contribution in [0.4, 0.5) is 0 Å². The van der Waals surface area contributed by atoms with Crippen LogP contribution in [0.1, 0.15) is 37.8 Å². The number of piperidine rings is 1. The first-order valence-electron chi connectivity index (χ1n) is 6.46. The molecule has 1 saturated heterocycles. The van der Waals surface area contributed by atoms with E-state index in [0.29, 0.717) is 5.02 Å². The summed E-state index contributed by atoms with van der Waals surface area (Å²) in [6.45, 7) is 2.93. The molecule has 0 saturated carbocycles. The zero-order chi connectivity index (χ0) is 13.0. The van der Waals surface area contributed by atoms with Gasteiger partial charge in [0.05, 0.1) is 12.1 Å². The molecule has 2 N–H and O–H groups in total. The lowest BCUT2D eigenvalue weighted by Crippen LogP contribution is -2.47. The van der Waals surface area contributed by atoms with Gasteiger partial charge in [0.25, 0.3) is 0 Å². The Morgan fingerprint density at radius 3 is 2.63 bits per heavy atom. The van der Waals surface area contributed by atoms with E-state index in [4.69, 9.17) is 11.6 Å². The van der Waals surface area contributed by atoms with E-state index in [-0.39, 0.29) is 30.4 Å². The molecule has 5 heteroatoms. The minimum Gasteiger partial charge on any atom is -0.348 e. The molecule has 106 valence electrons. The molecular weight excluding hydrogens is 283 g/mol. The average molecular weight is 303 g/mol. The molecule has 1 heterocycles. The molecule has 2 rings (SSSR count). The van der Waals surface area contributed by atoms with E-state index in [0.717, 1.165) is 31.4 Å². The summed E-state index contributed by atoms with van der Waals surface area (Å²) in [5, 5.41) is 7.01. The van der Waals surface area contributed by atoms with Gasteiger partial charge in [-0.25, -0.2) is 0 Å². The van der Waals surface area contributed by atoms with Crippen molar-refractivity contribution in [3.63, 3.8) is 0 Å². The molecule has 1 aliphatic rings. The quantitative estimate of drug-likeness (QED) is 0.901. The largest absolute Gasteiger partial charge is 0.348 e. The standard InChI is InChI=1S/C14H19ClN2O.ClH/c1-10(11-5-7-12(15)8-6-11)17-14(18)13-4-2-3-9-16-13;/h5-8,10,13,16H,2-4,9H2,1H3,(H,17,18);1H/t10?,13-;/m0./s1. The van der Waals surface area contributed by atoms with Crippen molar-refractivity contribution in [2.45, 2.75) is 38.3 Å². The number of nitrogens with one attached hydrogen (secondary N) is 2. The lowest BCUT2D eigenvalue weighted by molar-refractivity contribution is -0.124. The van der Waals surface area contributed by atoms with Crippen molar-refractivity contribution < 1.29 is 4.79 Å². The molecule has 1 fully saturated rings. The fraction of sp³-hybridized carbons (Fsp3) is 0.500. The van der Waals surface area contributed by atoms with E-state index < -0.39 is 0 Å². The van der Waals surface area contributed by atoms with Gasteiger partial charge in [-0.2, -0.15) is 0 Å². The van der Waals surface area contributed by atoms with Crippen molar-refractivity contribution in [2.75, 3.05) is 6.54 Å². The fourth-order valence-electron chi connectivity index (χ4n) is 2.22. The van der Waals surface area contributed by atoms with Crippen molar-refractivity contribution in [1.82, 2.24) is 10.6 Å². The summed E-state index contributed by atoms with van der Waals surface area (Å²) in [7, 11) is 0. The highest BCUT2D eigenvalue weighted by Gasteiger charge is 2.21. The van der Waals surface area contributed by atoms with Gasteiger partial charge < -0.3 is 10.6 Å². The Kier molecular flexibility index (Phi) is 6.63. The van der Waals surface area contributed by atoms with Crippen molar-refractivity contribution >= 4 is 29.9 Å². The lowest BCUT2D eigenvalue weighted by atomic mass is 10.0. The minimum absolute atomic E-state index is 0. The number of halogens is 2. The van der Waals surface area contributed by atoms with Crippen molar-refractivity contribution in [3.8, 4) is 0 Å². The number of rotatable bonds is 3. The van der Waals surface area contributed by atoms with E-state index in [9.17, 15) is 4.79 Å². The number of hydrogen-bond donors (Lipinski definition) is 2. The van der Waals surface area contributed by atoms with Gasteiger partial charge in [0.2, 0.25) is 5.91 Å². The van der Waals surface area contributed by atoms with Gasteiger partial charge in [-0.15, -0.1) is 12.4 Å². The number of carbonyl (C=O) groups excluding carboxylic acids is 1. The molecule has 0 spiro atoms. The van der Waals surface area contributed by atoms with E-state index >= 15 is 0 Å². The van der Waals surface area contributed by atoms with Crippen LogP contribution < -0.4 is 10.6 Å². The topological polar surface area (TPSA) is 41.1 Å². The van der Waals surface area contributed by atoms with Crippen LogP contribution in [0.25, 0.3) is 0 Å². The van der Waals surface area contributed by atoms with Crippen LogP contribution in [-0.2, 0) is 4.79 Å². The predicted octanol–water partition coefficient (Wildman–Crippen LogP) is 3.08. The molecule has 0 radical (unpaired) electrons. The van der Waals surface area contributed by atoms with Crippen molar-refractivity contribution in [3.05, 3.63) is 34.9 Å². The van der Waals surface area contributed by atoms with E-state index in [1.54, 1.807) is 0 Å². The monoisotopic (exact) mass is 302 g/mol. The number of benzene rings is 1. The number of carbonyl (C=O) groups is 1. The van der Waals surface area contributed by atoms with E-state index in [1.165, 1.54) is 0 Å². The second-order valence-corrected chi connectivity index (χ2v) is 5.22. The van der Waals surface area contributed by atoms with Crippen LogP contribution in [0.5, 0.6) is 0 Å². The first kappa shape index (κ1) is 16.3. The molecule has 1 amide bonds. The minimum atomic E-state index is -0.0338. The van der Waals surface area contributed by atoms with Gasteiger partial charge in [0, 0.05) is 5.02 Å². The van der Waals surface area contributed by atoms with Crippen LogP contribution in [0.15, 0.2) is 24.3 Å². The summed E-state index contributed by atoms with van der Waals surface area (Å²) >= 11 is 5.85. The second-order valence-electron chi connectivity index (χ2n) is 4.78. The molecule has 1 aromatic carbocycles. The smallest absolute Gasteiger partial charge is 0.237 e. The van der Waals surface area contributed by atoms with Gasteiger partial charge >= 0.3 is 0 Å². The molecule has 0 bridgehead atoms. The molecule has 0 aromatic heterocycles. The van der Waals surface area contributed by atoms with E-state index in [2.05, 4.69) is 10.6 Å². The molecular formula is C14H20Cl2N2O. The molecule has 1 aromatic rings. The zero-order valence-electron chi connectivity index (χ0n) is 11.0. The van der Waals surface area contributed by atoms with Gasteiger partial charge in [0.15, 0.2) is 0 Å². The summed E-state index contributed by atoms with van der Waals surface area (Å²) in [6.07, 6.45) is 3.22. The molecule has 0 aliphatic carbocycles. The Balaban J connectivity index is 0.00000180. The Labute approximate surface area is 125 Å². The highest BCUT2D eigenvalue weighted by Crippen LogP contribution is 2.16. The molecule has 3 nitrogen and oxygen atoms in total. The van der Waals surface area contributed by atoms with Gasteiger partial charge in [-0.3, -0.25) is 4.79 Å². The lowest BCUT2D eigenvalue weighted by Gasteiger charge is -2.24. The van der Waals surface area contributed by atoms with Gasteiger partial charge in [-0.05, 0) is 44.0 Å². The Hall–Kier alpha value is -0.770. The summed E-state index contributed by atoms with van der Waals surface area (Å²) in [4.78, 5) is 12.0. The molecule has 2 atom stereocenters. The predicted molar refractivity (Wildman–Crippen MR) is 80.9 cm³/mol. The SMILES string of the molecule is CC(NC(=O)[C@@H]1CCCCN1)c1ccc(Cl)cc1.Cl. The highest BCUT2D eigenvalue weighted by atomic mass is 35.5. The molecule has 1 aliphatic heterocycles. The first-order chi connectivity index (χ1) is 8.66. The van der Waals surface area contributed by atoms with Crippen molar-refractivity contribution in [1.29, 1.82) is 0 Å². The van der Waals surface area contributed by atoms with Crippen molar-refractivity contribution in [2.24, 2.45) is 0 Å². The third-order valence-electron chi connectivity index (χ3n) is 3.36. The van der Waals surface area contributed by atoms with E-state index in [1.807, 2.05) is 31.2 Å². The van der Waals surface area contributed by atoms with Crippen LogP contribution in [-0.4, -0.2) is 18.5 Å². The Bertz CT molecular complexity index is 402. The van der Waals surface area contributed by atoms with Crippen LogP contribution >= 0.6 is 24.0 Å². The van der Waals surface area contributed by atoms with Gasteiger partial charge in [0.1, 0.15) is 0 Å². The molecule has 1 unspecified atom stereocenters. The fourth-order valence-corrected chi connectivity index (χ4v) is 2.35. The van der Waals surface area contributed by atoms with Crippen LogP contribution in [0.3, 0.4) is 0 Å². The number of hydrogen-bond acceptors (Lipinski definition) is 2. The second kappa shape index (κ2) is 7.73. The maximum Gasteiger partial charge on any atom is 0.237 e. The maximum absolute atomic E-state index is 12.0. The summed E-state index contributed by atoms with van der Waals surface area (Å²) in [5.41, 5.74) is 1.07.